The third-order valence-corrected chi connectivity index (χ3v) is 5.23. The monoisotopic (exact) mass is 402 g/mol. The standard InChI is InChI=1S/C24H19ClN2O2/c25-22-11-4-2-7-19(22)15-27-16-20(12-13-23(27)28)24(29)26-14-18-9-5-8-17-6-1-3-10-21(17)18/h1-13,16H,14-15H2,(H,26,29). The van der Waals surface area contributed by atoms with Crippen LogP contribution in [0.1, 0.15) is 21.5 Å². The largest absolute Gasteiger partial charge is 0.348 e. The van der Waals surface area contributed by atoms with Gasteiger partial charge in [0.05, 0.1) is 12.1 Å². The molecule has 0 radical (unpaired) electrons. The molecule has 1 aromatic heterocycles. The zero-order chi connectivity index (χ0) is 20.2. The van der Waals surface area contributed by atoms with Gasteiger partial charge in [-0.1, -0.05) is 72.3 Å². The number of aromatic nitrogens is 1. The number of carbonyl (C=O) groups is 1. The summed E-state index contributed by atoms with van der Waals surface area (Å²) in [4.78, 5) is 24.9. The Bertz CT molecular complexity index is 1240. The number of nitrogens with zero attached hydrogens (tertiary/aromatic N) is 1. The molecule has 0 aliphatic heterocycles. The van der Waals surface area contributed by atoms with Crippen LogP contribution in [0.5, 0.6) is 0 Å². The summed E-state index contributed by atoms with van der Waals surface area (Å²) in [5.74, 6) is -0.231. The molecule has 0 aliphatic carbocycles. The number of nitrogens with one attached hydrogen (secondary N) is 1. The lowest BCUT2D eigenvalue weighted by Gasteiger charge is -2.11. The lowest BCUT2D eigenvalue weighted by atomic mass is 10.0. The molecule has 29 heavy (non-hydrogen) atoms. The molecule has 4 nitrogen and oxygen atoms in total. The number of halogens is 1. The Kier molecular flexibility index (Phi) is 5.45. The van der Waals surface area contributed by atoms with E-state index in [-0.39, 0.29) is 11.5 Å². The van der Waals surface area contributed by atoms with Gasteiger partial charge in [0, 0.05) is 23.8 Å². The molecule has 1 N–H and O–H groups in total. The first kappa shape index (κ1) is 19.0. The SMILES string of the molecule is O=C(NCc1cccc2ccccc12)c1ccc(=O)n(Cc2ccccc2Cl)c1. The molecule has 0 fully saturated rings. The van der Waals surface area contributed by atoms with Gasteiger partial charge in [0.1, 0.15) is 0 Å². The average molecular weight is 403 g/mol. The van der Waals surface area contributed by atoms with E-state index in [1.54, 1.807) is 18.3 Å². The second-order valence-electron chi connectivity index (χ2n) is 6.80. The number of benzene rings is 3. The zero-order valence-electron chi connectivity index (χ0n) is 15.6. The van der Waals surface area contributed by atoms with Gasteiger partial charge in [0.25, 0.3) is 11.5 Å². The summed E-state index contributed by atoms with van der Waals surface area (Å²) in [7, 11) is 0. The Hall–Kier alpha value is -3.37. The predicted octanol–water partition coefficient (Wildman–Crippen LogP) is 4.63. The van der Waals surface area contributed by atoms with Crippen LogP contribution in [0.3, 0.4) is 0 Å². The van der Waals surface area contributed by atoms with Crippen molar-refractivity contribution in [1.29, 1.82) is 0 Å². The normalized spacial score (nSPS) is 10.8. The molecule has 144 valence electrons. The van der Waals surface area contributed by atoms with Gasteiger partial charge in [-0.3, -0.25) is 9.59 Å². The molecule has 3 aromatic carbocycles. The lowest BCUT2D eigenvalue weighted by Crippen LogP contribution is -2.26. The number of hydrogen-bond acceptors (Lipinski definition) is 2. The fourth-order valence-corrected chi connectivity index (χ4v) is 3.52. The number of hydrogen-bond donors (Lipinski definition) is 1. The highest BCUT2D eigenvalue weighted by atomic mass is 35.5. The van der Waals surface area contributed by atoms with Crippen LogP contribution in [0.2, 0.25) is 5.02 Å². The van der Waals surface area contributed by atoms with Crippen molar-refractivity contribution >= 4 is 28.3 Å². The summed E-state index contributed by atoms with van der Waals surface area (Å²) < 4.78 is 1.49. The molecular formula is C24H19ClN2O2. The van der Waals surface area contributed by atoms with Gasteiger partial charge < -0.3 is 9.88 Å². The summed E-state index contributed by atoms with van der Waals surface area (Å²) in [6, 6.07) is 24.4. The van der Waals surface area contributed by atoms with E-state index in [4.69, 9.17) is 11.6 Å². The van der Waals surface area contributed by atoms with Crippen LogP contribution in [0.4, 0.5) is 0 Å². The van der Waals surface area contributed by atoms with Crippen molar-refractivity contribution in [3.63, 3.8) is 0 Å². The smallest absolute Gasteiger partial charge is 0.253 e. The summed E-state index contributed by atoms with van der Waals surface area (Å²) in [5.41, 5.74) is 2.11. The number of carbonyl (C=O) groups excluding carboxylic acids is 1. The lowest BCUT2D eigenvalue weighted by molar-refractivity contribution is 0.0950. The Morgan fingerprint density at radius 1 is 0.862 bits per heavy atom. The van der Waals surface area contributed by atoms with Gasteiger partial charge in [-0.2, -0.15) is 0 Å². The van der Waals surface area contributed by atoms with Gasteiger partial charge in [0.2, 0.25) is 0 Å². The molecule has 0 unspecified atom stereocenters. The van der Waals surface area contributed by atoms with E-state index in [9.17, 15) is 9.59 Å². The van der Waals surface area contributed by atoms with Crippen LogP contribution < -0.4 is 10.9 Å². The maximum atomic E-state index is 12.7. The molecule has 0 atom stereocenters. The van der Waals surface area contributed by atoms with Gasteiger partial charge >= 0.3 is 0 Å². The van der Waals surface area contributed by atoms with E-state index < -0.39 is 0 Å². The van der Waals surface area contributed by atoms with Crippen molar-refractivity contribution in [2.75, 3.05) is 0 Å². The summed E-state index contributed by atoms with van der Waals surface area (Å²) >= 11 is 6.20. The molecule has 0 saturated heterocycles. The van der Waals surface area contributed by atoms with Gasteiger partial charge in [-0.15, -0.1) is 0 Å². The van der Waals surface area contributed by atoms with Crippen molar-refractivity contribution in [2.24, 2.45) is 0 Å². The molecule has 0 spiro atoms. The van der Waals surface area contributed by atoms with Gasteiger partial charge in [0.15, 0.2) is 0 Å². The number of rotatable bonds is 5. The minimum absolute atomic E-state index is 0.185. The van der Waals surface area contributed by atoms with E-state index in [1.807, 2.05) is 60.7 Å². The minimum atomic E-state index is -0.231. The summed E-state index contributed by atoms with van der Waals surface area (Å²) in [5, 5.41) is 5.78. The number of fused-ring (bicyclic) bond motifs is 1. The Morgan fingerprint density at radius 2 is 1.59 bits per heavy atom. The highest BCUT2D eigenvalue weighted by Gasteiger charge is 2.10. The van der Waals surface area contributed by atoms with Crippen LogP contribution in [0, 0.1) is 0 Å². The van der Waals surface area contributed by atoms with Crippen molar-refractivity contribution in [1.82, 2.24) is 9.88 Å². The fourth-order valence-electron chi connectivity index (χ4n) is 3.32. The second-order valence-corrected chi connectivity index (χ2v) is 7.20. The molecule has 4 aromatic rings. The summed E-state index contributed by atoms with van der Waals surface area (Å²) in [6.07, 6.45) is 1.57. The second kappa shape index (κ2) is 8.33. The van der Waals surface area contributed by atoms with Crippen molar-refractivity contribution < 1.29 is 4.79 Å². The molecule has 1 heterocycles. The minimum Gasteiger partial charge on any atom is -0.348 e. The Labute approximate surface area is 173 Å². The third kappa shape index (κ3) is 4.23. The van der Waals surface area contributed by atoms with E-state index in [0.717, 1.165) is 21.9 Å². The molecule has 0 bridgehead atoms. The highest BCUT2D eigenvalue weighted by Crippen LogP contribution is 2.18. The molecule has 1 amide bonds. The van der Waals surface area contributed by atoms with Crippen LogP contribution in [0.15, 0.2) is 89.9 Å². The van der Waals surface area contributed by atoms with Crippen LogP contribution in [0.25, 0.3) is 10.8 Å². The Balaban J connectivity index is 1.53. The quantitative estimate of drug-likeness (QED) is 0.529. The van der Waals surface area contributed by atoms with E-state index in [2.05, 4.69) is 5.32 Å². The molecule has 4 rings (SSSR count). The molecular weight excluding hydrogens is 384 g/mol. The van der Waals surface area contributed by atoms with Crippen molar-refractivity contribution in [2.45, 2.75) is 13.1 Å². The predicted molar refractivity (Wildman–Crippen MR) is 116 cm³/mol. The van der Waals surface area contributed by atoms with Gasteiger partial charge in [-0.25, -0.2) is 0 Å². The van der Waals surface area contributed by atoms with Crippen LogP contribution in [-0.4, -0.2) is 10.5 Å². The summed E-state index contributed by atoms with van der Waals surface area (Å²) in [6.45, 7) is 0.715. The van der Waals surface area contributed by atoms with E-state index in [1.165, 1.54) is 10.6 Å². The first-order valence-corrected chi connectivity index (χ1v) is 9.68. The van der Waals surface area contributed by atoms with Crippen LogP contribution >= 0.6 is 11.6 Å². The molecule has 5 heteroatoms. The third-order valence-electron chi connectivity index (χ3n) is 4.86. The van der Waals surface area contributed by atoms with Crippen molar-refractivity contribution in [3.05, 3.63) is 117 Å². The van der Waals surface area contributed by atoms with Crippen molar-refractivity contribution in [3.8, 4) is 0 Å². The first-order valence-electron chi connectivity index (χ1n) is 9.30. The number of amides is 1. The van der Waals surface area contributed by atoms with E-state index in [0.29, 0.717) is 23.7 Å². The topological polar surface area (TPSA) is 51.1 Å². The molecule has 0 saturated carbocycles. The van der Waals surface area contributed by atoms with Crippen LogP contribution in [-0.2, 0) is 13.1 Å². The molecule has 0 aliphatic rings. The maximum Gasteiger partial charge on any atom is 0.253 e. The zero-order valence-corrected chi connectivity index (χ0v) is 16.4. The Morgan fingerprint density at radius 3 is 2.45 bits per heavy atom. The number of pyridine rings is 1. The maximum absolute atomic E-state index is 12.7. The average Bonchev–Trinajstić information content (AvgIpc) is 2.75. The van der Waals surface area contributed by atoms with Gasteiger partial charge in [-0.05, 0) is 34.0 Å². The van der Waals surface area contributed by atoms with E-state index >= 15 is 0 Å². The highest BCUT2D eigenvalue weighted by molar-refractivity contribution is 6.31. The first-order chi connectivity index (χ1) is 14.1. The fraction of sp³-hybridized carbons (Fsp3) is 0.0833.